The molecule has 9 nitrogen and oxygen atoms in total. The maximum absolute atomic E-state index is 12.7. The van der Waals surface area contributed by atoms with E-state index in [1.165, 1.54) is 38.6 Å². The molecule has 2 aliphatic carbocycles. The van der Waals surface area contributed by atoms with Crippen molar-refractivity contribution in [3.8, 4) is 33.6 Å². The van der Waals surface area contributed by atoms with Crippen LogP contribution < -0.4 is 5.32 Å². The number of ether oxygens (including phenoxy) is 1. The smallest absolute Gasteiger partial charge is 0.407 e. The number of fused-ring (bicyclic) bond motifs is 2. The van der Waals surface area contributed by atoms with Gasteiger partial charge in [0, 0.05) is 12.5 Å². The molecule has 3 N–H and O–H groups in total. The molecule has 3 aliphatic rings. The fourth-order valence-electron chi connectivity index (χ4n) is 7.26. The number of carbonyl (C=O) groups excluding carboxylic acids is 2. The lowest BCUT2D eigenvalue weighted by atomic mass is 9.88. The molecule has 0 radical (unpaired) electrons. The van der Waals surface area contributed by atoms with E-state index in [0.29, 0.717) is 12.5 Å². The number of aromatic amines is 2. The molecule has 2 bridgehead atoms. The first-order valence-electron chi connectivity index (χ1n) is 15.0. The van der Waals surface area contributed by atoms with Crippen LogP contribution in [0.3, 0.4) is 0 Å². The largest absolute Gasteiger partial charge is 0.453 e. The van der Waals surface area contributed by atoms with E-state index in [-0.39, 0.29) is 18.5 Å². The van der Waals surface area contributed by atoms with E-state index >= 15 is 0 Å². The number of carbonyl (C=O) groups is 2. The number of amides is 2. The van der Waals surface area contributed by atoms with Crippen LogP contribution >= 0.6 is 0 Å². The van der Waals surface area contributed by atoms with Crippen LogP contribution in [0.4, 0.5) is 4.79 Å². The van der Waals surface area contributed by atoms with Gasteiger partial charge < -0.3 is 24.9 Å². The summed E-state index contributed by atoms with van der Waals surface area (Å²) in [6.45, 7) is 0.544. The molecule has 216 valence electrons. The summed E-state index contributed by atoms with van der Waals surface area (Å²) in [7, 11) is 1.28. The van der Waals surface area contributed by atoms with Crippen LogP contribution in [0.1, 0.15) is 62.1 Å². The second kappa shape index (κ2) is 11.1. The third-order valence-electron chi connectivity index (χ3n) is 9.46. The maximum Gasteiger partial charge on any atom is 0.407 e. The highest BCUT2D eigenvalue weighted by Gasteiger charge is 2.41. The Morgan fingerprint density at radius 1 is 0.857 bits per heavy atom. The predicted octanol–water partition coefficient (Wildman–Crippen LogP) is 6.06. The molecule has 7 rings (SSSR count). The van der Waals surface area contributed by atoms with Crippen LogP contribution in [-0.4, -0.2) is 57.0 Å². The SMILES string of the molecule is COC(=O)NCC(=O)N1CCCC1c1ncc(-c2ccc(-c3ccc(-c4cnc(C5CC6CCC5C6)[nH]4)cc3)cc2)[nH]1. The van der Waals surface area contributed by atoms with Gasteiger partial charge in [0.1, 0.15) is 18.2 Å². The van der Waals surface area contributed by atoms with Crippen LogP contribution in [0.25, 0.3) is 33.6 Å². The number of rotatable bonds is 7. The third kappa shape index (κ3) is 5.08. The van der Waals surface area contributed by atoms with Gasteiger partial charge in [-0.05, 0) is 66.2 Å². The number of hydrogen-bond donors (Lipinski definition) is 3. The van der Waals surface area contributed by atoms with Gasteiger partial charge in [-0.15, -0.1) is 0 Å². The lowest BCUT2D eigenvalue weighted by molar-refractivity contribution is -0.131. The quantitative estimate of drug-likeness (QED) is 0.252. The van der Waals surface area contributed by atoms with Crippen molar-refractivity contribution in [3.05, 3.63) is 72.6 Å². The fourth-order valence-corrected chi connectivity index (χ4v) is 7.26. The summed E-state index contributed by atoms with van der Waals surface area (Å²) in [5, 5.41) is 2.47. The predicted molar refractivity (Wildman–Crippen MR) is 159 cm³/mol. The first-order valence-corrected chi connectivity index (χ1v) is 15.0. The molecule has 9 heteroatoms. The summed E-state index contributed by atoms with van der Waals surface area (Å²) >= 11 is 0. The topological polar surface area (TPSA) is 116 Å². The lowest BCUT2D eigenvalue weighted by Crippen LogP contribution is -2.40. The van der Waals surface area contributed by atoms with Gasteiger partial charge in [0.05, 0.1) is 36.9 Å². The van der Waals surface area contributed by atoms with E-state index in [2.05, 4.69) is 73.5 Å². The van der Waals surface area contributed by atoms with Crippen molar-refractivity contribution in [2.75, 3.05) is 20.2 Å². The Bertz CT molecular complexity index is 1570. The lowest BCUT2D eigenvalue weighted by Gasteiger charge is -2.23. The number of imidazole rings is 2. The first-order chi connectivity index (χ1) is 20.6. The van der Waals surface area contributed by atoms with Crippen molar-refractivity contribution in [2.45, 2.75) is 50.5 Å². The van der Waals surface area contributed by atoms with E-state index in [0.717, 1.165) is 64.1 Å². The van der Waals surface area contributed by atoms with Crippen molar-refractivity contribution < 1.29 is 14.3 Å². The van der Waals surface area contributed by atoms with Crippen molar-refractivity contribution in [1.29, 1.82) is 0 Å². The zero-order valence-electron chi connectivity index (χ0n) is 23.8. The molecule has 2 amide bonds. The number of nitrogens with one attached hydrogen (secondary N) is 3. The van der Waals surface area contributed by atoms with Crippen molar-refractivity contribution in [3.63, 3.8) is 0 Å². The number of likely N-dealkylation sites (tertiary alicyclic amines) is 1. The summed E-state index contributed by atoms with van der Waals surface area (Å²) in [4.78, 5) is 42.2. The third-order valence-corrected chi connectivity index (χ3v) is 9.46. The molecular formula is C33H36N6O3. The number of methoxy groups -OCH3 is 1. The minimum absolute atomic E-state index is 0.0939. The Hall–Kier alpha value is -4.40. The number of H-pyrrole nitrogens is 2. The highest BCUT2D eigenvalue weighted by atomic mass is 16.5. The Kier molecular flexibility index (Phi) is 7.01. The van der Waals surface area contributed by atoms with Crippen LogP contribution in [0.2, 0.25) is 0 Å². The molecule has 4 atom stereocenters. The molecule has 1 saturated heterocycles. The molecule has 4 aromatic rings. The van der Waals surface area contributed by atoms with Crippen LogP contribution in [0, 0.1) is 11.8 Å². The number of hydrogen-bond acceptors (Lipinski definition) is 5. The van der Waals surface area contributed by atoms with Crippen molar-refractivity contribution in [1.82, 2.24) is 30.2 Å². The summed E-state index contributed by atoms with van der Waals surface area (Å²) < 4.78 is 4.57. The Labute approximate surface area is 245 Å². The average Bonchev–Trinajstić information content (AvgIpc) is 3.87. The normalized spacial score (nSPS) is 22.9. The standard InChI is InChI=1S/C33H36N6O3/c1-42-33(41)36-19-30(40)39-14-2-3-29(39)32-35-18-28(38-32)24-12-8-22(9-13-24)21-6-10-23(11-7-21)27-17-34-31(37-27)26-16-20-4-5-25(26)15-20/h6-13,17-18,20,25-26,29H,2-5,14-16,19H2,1H3,(H,34,37)(H,35,38)(H,36,41). The Balaban J connectivity index is 1.00. The van der Waals surface area contributed by atoms with E-state index in [4.69, 9.17) is 4.98 Å². The molecular weight excluding hydrogens is 528 g/mol. The monoisotopic (exact) mass is 564 g/mol. The van der Waals surface area contributed by atoms with E-state index in [1.54, 1.807) is 4.90 Å². The van der Waals surface area contributed by atoms with E-state index < -0.39 is 6.09 Å². The highest BCUT2D eigenvalue weighted by Crippen LogP contribution is 2.52. The van der Waals surface area contributed by atoms with Gasteiger partial charge in [0.2, 0.25) is 5.91 Å². The molecule has 4 unspecified atom stereocenters. The number of aromatic nitrogens is 4. The summed E-state index contributed by atoms with van der Waals surface area (Å²) in [6.07, 6.45) is 10.4. The molecule has 3 heterocycles. The molecule has 42 heavy (non-hydrogen) atoms. The fraction of sp³-hybridized carbons (Fsp3) is 0.394. The number of alkyl carbamates (subject to hydrolysis) is 1. The van der Waals surface area contributed by atoms with Gasteiger partial charge >= 0.3 is 6.09 Å². The minimum atomic E-state index is -0.615. The zero-order valence-corrected chi connectivity index (χ0v) is 23.8. The second-order valence-corrected chi connectivity index (χ2v) is 11.9. The Morgan fingerprint density at radius 3 is 2.07 bits per heavy atom. The summed E-state index contributed by atoms with van der Waals surface area (Å²) in [6, 6.07) is 17.0. The van der Waals surface area contributed by atoms with Crippen LogP contribution in [-0.2, 0) is 9.53 Å². The van der Waals surface area contributed by atoms with Gasteiger partial charge in [-0.2, -0.15) is 0 Å². The maximum atomic E-state index is 12.7. The number of benzene rings is 2. The average molecular weight is 565 g/mol. The van der Waals surface area contributed by atoms with Crippen LogP contribution in [0.15, 0.2) is 60.9 Å². The molecule has 2 aromatic carbocycles. The second-order valence-electron chi connectivity index (χ2n) is 11.9. The summed E-state index contributed by atoms with van der Waals surface area (Å²) in [5.74, 6) is 4.11. The zero-order chi connectivity index (χ0) is 28.6. The van der Waals surface area contributed by atoms with Gasteiger partial charge in [-0.1, -0.05) is 55.0 Å². The molecule has 1 aliphatic heterocycles. The highest BCUT2D eigenvalue weighted by molar-refractivity contribution is 5.82. The molecule has 2 aromatic heterocycles. The van der Waals surface area contributed by atoms with Gasteiger partial charge in [-0.3, -0.25) is 4.79 Å². The summed E-state index contributed by atoms with van der Waals surface area (Å²) in [5.41, 5.74) is 6.48. The van der Waals surface area contributed by atoms with Gasteiger partial charge in [-0.25, -0.2) is 14.8 Å². The minimum Gasteiger partial charge on any atom is -0.453 e. The van der Waals surface area contributed by atoms with Crippen molar-refractivity contribution >= 4 is 12.0 Å². The molecule has 2 saturated carbocycles. The van der Waals surface area contributed by atoms with Gasteiger partial charge in [0.25, 0.3) is 0 Å². The molecule has 3 fully saturated rings. The Morgan fingerprint density at radius 2 is 1.48 bits per heavy atom. The van der Waals surface area contributed by atoms with Crippen molar-refractivity contribution in [2.24, 2.45) is 11.8 Å². The first kappa shape index (κ1) is 26.5. The number of nitrogens with zero attached hydrogens (tertiary/aromatic N) is 3. The van der Waals surface area contributed by atoms with E-state index in [9.17, 15) is 9.59 Å². The molecule has 0 spiro atoms. The van der Waals surface area contributed by atoms with E-state index in [1.807, 2.05) is 12.4 Å². The van der Waals surface area contributed by atoms with Crippen LogP contribution in [0.5, 0.6) is 0 Å². The van der Waals surface area contributed by atoms with Gasteiger partial charge in [0.15, 0.2) is 0 Å².